The molecule has 0 spiro atoms. The number of rotatable bonds is 1. The second-order valence-corrected chi connectivity index (χ2v) is 6.04. The second-order valence-electron chi connectivity index (χ2n) is 6.04. The molecule has 4 aromatic carbocycles. The van der Waals surface area contributed by atoms with Crippen molar-refractivity contribution in [1.82, 2.24) is 0 Å². The van der Waals surface area contributed by atoms with Crippen molar-refractivity contribution in [2.45, 2.75) is 48.0 Å². The van der Waals surface area contributed by atoms with Crippen molar-refractivity contribution in [2.75, 3.05) is 0 Å². The SMILES string of the molecule is CC.CC.CC.[Y].[c-]1ccccc1-c1[c-]cccc1.c1ccc2c(c1)Cc1ccccc1-2. The topological polar surface area (TPSA) is 0 Å². The molecule has 1 aliphatic rings. The second kappa shape index (κ2) is 18.5. The van der Waals surface area contributed by atoms with Crippen molar-refractivity contribution >= 4 is 0 Å². The molecule has 0 atom stereocenters. The number of fused-ring (bicyclic) bond motifs is 3. The molecule has 32 heavy (non-hydrogen) atoms. The Balaban J connectivity index is 0.000000477. The summed E-state index contributed by atoms with van der Waals surface area (Å²) < 4.78 is 0. The van der Waals surface area contributed by atoms with E-state index in [2.05, 4.69) is 60.7 Å². The molecule has 0 aromatic heterocycles. The number of benzene rings is 4. The fourth-order valence-corrected chi connectivity index (χ4v) is 3.20. The van der Waals surface area contributed by atoms with Crippen LogP contribution < -0.4 is 0 Å². The van der Waals surface area contributed by atoms with Crippen LogP contribution in [0.5, 0.6) is 0 Å². The normalized spacial score (nSPS) is 9.19. The van der Waals surface area contributed by atoms with Crippen molar-refractivity contribution in [3.63, 3.8) is 0 Å². The molecule has 0 saturated heterocycles. The zero-order valence-electron chi connectivity index (χ0n) is 20.5. The van der Waals surface area contributed by atoms with E-state index < -0.39 is 0 Å². The molecule has 165 valence electrons. The van der Waals surface area contributed by atoms with E-state index in [9.17, 15) is 0 Å². The predicted octanol–water partition coefficient (Wildman–Crippen LogP) is 9.29. The Kier molecular flexibility index (Phi) is 17.4. The van der Waals surface area contributed by atoms with Gasteiger partial charge in [-0.1, -0.05) is 90.1 Å². The van der Waals surface area contributed by atoms with Gasteiger partial charge >= 0.3 is 0 Å². The van der Waals surface area contributed by atoms with Gasteiger partial charge in [0.2, 0.25) is 0 Å². The van der Waals surface area contributed by atoms with E-state index >= 15 is 0 Å². The molecule has 0 heterocycles. The van der Waals surface area contributed by atoms with Crippen molar-refractivity contribution in [1.29, 1.82) is 0 Å². The molecular formula is C31H36Y-2. The summed E-state index contributed by atoms with van der Waals surface area (Å²) in [7, 11) is 0. The van der Waals surface area contributed by atoms with Crippen LogP contribution in [0.25, 0.3) is 22.3 Å². The summed E-state index contributed by atoms with van der Waals surface area (Å²) in [6.45, 7) is 12.0. The van der Waals surface area contributed by atoms with Crippen molar-refractivity contribution in [3.8, 4) is 22.3 Å². The minimum absolute atomic E-state index is 0. The smallest absolute Gasteiger partial charge is 0 e. The van der Waals surface area contributed by atoms with Crippen LogP contribution in [-0.2, 0) is 39.1 Å². The van der Waals surface area contributed by atoms with Crippen molar-refractivity contribution in [2.24, 2.45) is 0 Å². The average molecular weight is 498 g/mol. The van der Waals surface area contributed by atoms with Gasteiger partial charge in [-0.05, 0) is 28.7 Å². The van der Waals surface area contributed by atoms with Gasteiger partial charge in [-0.15, -0.1) is 12.1 Å². The summed E-state index contributed by atoms with van der Waals surface area (Å²) in [5.74, 6) is 0. The molecule has 0 saturated carbocycles. The van der Waals surface area contributed by atoms with Gasteiger partial charge in [0, 0.05) is 32.7 Å². The van der Waals surface area contributed by atoms with E-state index in [1.807, 2.05) is 90.1 Å². The minimum Gasteiger partial charge on any atom is -0.226 e. The van der Waals surface area contributed by atoms with Crippen LogP contribution in [0, 0.1) is 12.1 Å². The minimum atomic E-state index is 0. The first-order chi connectivity index (χ1) is 15.4. The maximum Gasteiger partial charge on any atom is 0 e. The summed E-state index contributed by atoms with van der Waals surface area (Å²) in [5.41, 5.74) is 7.94. The zero-order chi connectivity index (χ0) is 22.9. The van der Waals surface area contributed by atoms with E-state index in [0.29, 0.717) is 0 Å². The molecule has 1 radical (unpaired) electrons. The Morgan fingerprint density at radius 2 is 0.812 bits per heavy atom. The van der Waals surface area contributed by atoms with Crippen LogP contribution in [0.1, 0.15) is 52.7 Å². The third kappa shape index (κ3) is 8.85. The van der Waals surface area contributed by atoms with E-state index in [1.165, 1.54) is 22.3 Å². The largest absolute Gasteiger partial charge is 0.226 e. The molecule has 0 amide bonds. The van der Waals surface area contributed by atoms with Gasteiger partial charge in [-0.3, -0.25) is 0 Å². The monoisotopic (exact) mass is 497 g/mol. The molecule has 0 bridgehead atoms. The van der Waals surface area contributed by atoms with Gasteiger partial charge in [-0.2, -0.15) is 48.5 Å². The Labute approximate surface area is 222 Å². The summed E-state index contributed by atoms with van der Waals surface area (Å²) in [5, 5.41) is 0. The third-order valence-corrected chi connectivity index (χ3v) is 4.41. The quantitative estimate of drug-likeness (QED) is 0.203. The predicted molar refractivity (Wildman–Crippen MR) is 138 cm³/mol. The van der Waals surface area contributed by atoms with Gasteiger partial charge in [0.15, 0.2) is 0 Å². The molecule has 0 fully saturated rings. The van der Waals surface area contributed by atoms with Crippen LogP contribution in [-0.4, -0.2) is 0 Å². The van der Waals surface area contributed by atoms with E-state index in [0.717, 1.165) is 17.5 Å². The van der Waals surface area contributed by atoms with E-state index in [4.69, 9.17) is 0 Å². The van der Waals surface area contributed by atoms with E-state index in [-0.39, 0.29) is 32.7 Å². The molecule has 1 aliphatic carbocycles. The maximum absolute atomic E-state index is 3.15. The fourth-order valence-electron chi connectivity index (χ4n) is 3.20. The molecule has 0 nitrogen and oxygen atoms in total. The summed E-state index contributed by atoms with van der Waals surface area (Å²) in [4.78, 5) is 0. The van der Waals surface area contributed by atoms with Gasteiger partial charge < -0.3 is 0 Å². The fraction of sp³-hybridized carbons (Fsp3) is 0.226. The number of hydrogen-bond donors (Lipinski definition) is 0. The first kappa shape index (κ1) is 30.0. The summed E-state index contributed by atoms with van der Waals surface area (Å²) in [6.07, 6.45) is 1.10. The van der Waals surface area contributed by atoms with Gasteiger partial charge in [0.05, 0.1) is 0 Å². The third-order valence-electron chi connectivity index (χ3n) is 4.41. The maximum atomic E-state index is 3.15. The Hall–Kier alpha value is -2.02. The van der Waals surface area contributed by atoms with Crippen LogP contribution in [0.3, 0.4) is 0 Å². The Morgan fingerprint density at radius 3 is 1.16 bits per heavy atom. The van der Waals surface area contributed by atoms with Gasteiger partial charge in [-0.25, -0.2) is 11.1 Å². The van der Waals surface area contributed by atoms with Crippen LogP contribution in [0.2, 0.25) is 0 Å². The molecule has 5 rings (SSSR count). The molecule has 0 N–H and O–H groups in total. The van der Waals surface area contributed by atoms with Crippen LogP contribution in [0.4, 0.5) is 0 Å². The molecule has 4 aromatic rings. The summed E-state index contributed by atoms with van der Waals surface area (Å²) >= 11 is 0. The average Bonchev–Trinajstić information content (AvgIpc) is 3.28. The first-order valence-corrected chi connectivity index (χ1v) is 11.5. The van der Waals surface area contributed by atoms with Crippen LogP contribution >= 0.6 is 0 Å². The Morgan fingerprint density at radius 1 is 0.469 bits per heavy atom. The van der Waals surface area contributed by atoms with Gasteiger partial charge in [0.25, 0.3) is 0 Å². The first-order valence-electron chi connectivity index (χ1n) is 11.5. The standard InChI is InChI=1S/C13H10.C12H8.3C2H6.Y/c1-3-7-12-10(5-1)9-11-6-2-4-8-13(11)12;1-3-7-11(8-4-1)12-9-5-2-6-10-12;3*1-2;/h1-8H,9H2;1-7,9H;3*1-2H3;/q;-2;;;;. The van der Waals surface area contributed by atoms with E-state index in [1.54, 1.807) is 0 Å². The molecular weight excluding hydrogens is 461 g/mol. The van der Waals surface area contributed by atoms with Crippen molar-refractivity contribution < 1.29 is 32.7 Å². The summed E-state index contributed by atoms with van der Waals surface area (Å²) in [6, 6.07) is 39.5. The van der Waals surface area contributed by atoms with Gasteiger partial charge in [0.1, 0.15) is 0 Å². The molecule has 0 aliphatic heterocycles. The molecule has 1 heteroatoms. The zero-order valence-corrected chi connectivity index (χ0v) is 23.4. The molecule has 0 unspecified atom stereocenters. The van der Waals surface area contributed by atoms with Crippen molar-refractivity contribution in [3.05, 3.63) is 120 Å². The number of hydrogen-bond acceptors (Lipinski definition) is 0. The Bertz CT molecular complexity index is 879. The van der Waals surface area contributed by atoms with Crippen LogP contribution in [0.15, 0.2) is 97.1 Å².